The Morgan fingerprint density at radius 2 is 1.81 bits per heavy atom. The first-order chi connectivity index (χ1) is 10.2. The highest BCUT2D eigenvalue weighted by atomic mass is 127. The van der Waals surface area contributed by atoms with Crippen LogP contribution in [0.25, 0.3) is 10.9 Å². The summed E-state index contributed by atoms with van der Waals surface area (Å²) in [6, 6.07) is 17.6. The first-order valence-corrected chi connectivity index (χ1v) is 7.68. The van der Waals surface area contributed by atoms with Gasteiger partial charge < -0.3 is 5.32 Å². The maximum atomic E-state index is 12.2. The van der Waals surface area contributed by atoms with Crippen molar-refractivity contribution in [3.05, 3.63) is 69.9 Å². The monoisotopic (exact) mass is 388 g/mol. The van der Waals surface area contributed by atoms with Crippen LogP contribution in [0.5, 0.6) is 0 Å². The minimum atomic E-state index is -0.0330. The fourth-order valence-corrected chi connectivity index (χ4v) is 2.58. The van der Waals surface area contributed by atoms with Gasteiger partial charge in [0.05, 0.1) is 11.9 Å². The molecule has 4 heteroatoms. The van der Waals surface area contributed by atoms with E-state index in [2.05, 4.69) is 32.9 Å². The van der Waals surface area contributed by atoms with Gasteiger partial charge in [0.2, 0.25) is 5.91 Å². The predicted molar refractivity (Wildman–Crippen MR) is 93.2 cm³/mol. The van der Waals surface area contributed by atoms with Crippen molar-refractivity contribution in [2.24, 2.45) is 0 Å². The fourth-order valence-electron chi connectivity index (χ4n) is 2.22. The molecule has 0 aliphatic rings. The first-order valence-electron chi connectivity index (χ1n) is 6.60. The molecule has 0 bridgehead atoms. The summed E-state index contributed by atoms with van der Waals surface area (Å²) >= 11 is 2.24. The number of carbonyl (C=O) groups is 1. The van der Waals surface area contributed by atoms with Crippen LogP contribution < -0.4 is 5.32 Å². The lowest BCUT2D eigenvalue weighted by atomic mass is 10.1. The van der Waals surface area contributed by atoms with Gasteiger partial charge in [-0.3, -0.25) is 9.78 Å². The Kier molecular flexibility index (Phi) is 4.15. The van der Waals surface area contributed by atoms with Crippen LogP contribution in [0, 0.1) is 3.57 Å². The molecule has 1 heterocycles. The van der Waals surface area contributed by atoms with E-state index in [1.165, 1.54) is 0 Å². The van der Waals surface area contributed by atoms with Crippen molar-refractivity contribution in [3.8, 4) is 0 Å². The number of carbonyl (C=O) groups excluding carboxylic acids is 1. The maximum Gasteiger partial charge on any atom is 0.228 e. The number of hydrogen-bond acceptors (Lipinski definition) is 2. The molecule has 3 nitrogen and oxygen atoms in total. The summed E-state index contributed by atoms with van der Waals surface area (Å²) in [6.07, 6.45) is 2.07. The number of para-hydroxylation sites is 1. The zero-order valence-electron chi connectivity index (χ0n) is 11.2. The van der Waals surface area contributed by atoms with Gasteiger partial charge in [0.15, 0.2) is 0 Å². The number of pyridine rings is 1. The molecule has 104 valence electrons. The van der Waals surface area contributed by atoms with E-state index in [0.717, 1.165) is 25.7 Å². The van der Waals surface area contributed by atoms with Crippen LogP contribution in [0.15, 0.2) is 60.8 Å². The summed E-state index contributed by atoms with van der Waals surface area (Å²) in [5.74, 6) is -0.0330. The number of aromatic nitrogens is 1. The highest BCUT2D eigenvalue weighted by Crippen LogP contribution is 2.17. The number of nitrogens with one attached hydrogen (secondary N) is 1. The number of rotatable bonds is 3. The molecule has 1 amide bonds. The molecule has 0 radical (unpaired) electrons. The number of nitrogens with zero attached hydrogens (tertiary/aromatic N) is 1. The van der Waals surface area contributed by atoms with Gasteiger partial charge in [0, 0.05) is 20.8 Å². The SMILES string of the molecule is O=C(Cc1cccc2cccnc12)Nc1ccc(I)cc1. The second kappa shape index (κ2) is 6.22. The lowest BCUT2D eigenvalue weighted by Gasteiger charge is -2.07. The van der Waals surface area contributed by atoms with Crippen LogP contribution in [0.1, 0.15) is 5.56 Å². The third-order valence-electron chi connectivity index (χ3n) is 3.20. The summed E-state index contributed by atoms with van der Waals surface area (Å²) < 4.78 is 1.14. The third-order valence-corrected chi connectivity index (χ3v) is 3.91. The average molecular weight is 388 g/mol. The van der Waals surface area contributed by atoms with Gasteiger partial charge in [-0.2, -0.15) is 0 Å². The number of anilines is 1. The molecule has 0 saturated heterocycles. The van der Waals surface area contributed by atoms with Crippen molar-refractivity contribution in [2.75, 3.05) is 5.32 Å². The van der Waals surface area contributed by atoms with E-state index in [0.29, 0.717) is 6.42 Å². The molecule has 2 aromatic carbocycles. The number of fused-ring (bicyclic) bond motifs is 1. The van der Waals surface area contributed by atoms with Crippen LogP contribution in [-0.2, 0) is 11.2 Å². The van der Waals surface area contributed by atoms with E-state index in [9.17, 15) is 4.79 Å². The molecular weight excluding hydrogens is 375 g/mol. The quantitative estimate of drug-likeness (QED) is 0.689. The third kappa shape index (κ3) is 3.39. The second-order valence-electron chi connectivity index (χ2n) is 4.72. The molecule has 3 aromatic rings. The smallest absolute Gasteiger partial charge is 0.228 e. The normalized spacial score (nSPS) is 10.5. The van der Waals surface area contributed by atoms with E-state index in [1.807, 2.05) is 54.6 Å². The lowest BCUT2D eigenvalue weighted by Crippen LogP contribution is -2.14. The molecule has 0 aliphatic carbocycles. The van der Waals surface area contributed by atoms with Gasteiger partial charge in [-0.1, -0.05) is 24.3 Å². The van der Waals surface area contributed by atoms with Crippen molar-refractivity contribution in [2.45, 2.75) is 6.42 Å². The summed E-state index contributed by atoms with van der Waals surface area (Å²) in [6.45, 7) is 0. The highest BCUT2D eigenvalue weighted by molar-refractivity contribution is 14.1. The van der Waals surface area contributed by atoms with E-state index in [-0.39, 0.29) is 5.91 Å². The number of hydrogen-bond donors (Lipinski definition) is 1. The Hall–Kier alpha value is -1.95. The Balaban J connectivity index is 1.79. The Morgan fingerprint density at radius 3 is 2.62 bits per heavy atom. The molecule has 0 atom stereocenters. The van der Waals surface area contributed by atoms with E-state index >= 15 is 0 Å². The highest BCUT2D eigenvalue weighted by Gasteiger charge is 2.08. The van der Waals surface area contributed by atoms with Gasteiger partial charge in [0.1, 0.15) is 0 Å². The van der Waals surface area contributed by atoms with Gasteiger partial charge in [-0.25, -0.2) is 0 Å². The molecule has 0 saturated carbocycles. The van der Waals surface area contributed by atoms with Crippen LogP contribution in [0.2, 0.25) is 0 Å². The summed E-state index contributed by atoms with van der Waals surface area (Å²) in [4.78, 5) is 16.5. The largest absolute Gasteiger partial charge is 0.326 e. The Labute approximate surface area is 136 Å². The standard InChI is InChI=1S/C17H13IN2O/c18-14-6-8-15(9-7-14)20-16(21)11-13-4-1-3-12-5-2-10-19-17(12)13/h1-10H,11H2,(H,20,21). The van der Waals surface area contributed by atoms with Crippen molar-refractivity contribution in [1.82, 2.24) is 4.98 Å². The van der Waals surface area contributed by atoms with Gasteiger partial charge >= 0.3 is 0 Å². The molecule has 0 spiro atoms. The molecule has 0 fully saturated rings. The second-order valence-corrected chi connectivity index (χ2v) is 5.97. The van der Waals surface area contributed by atoms with Gasteiger partial charge in [-0.05, 0) is 58.5 Å². The molecular formula is C17H13IN2O. The van der Waals surface area contributed by atoms with E-state index in [1.54, 1.807) is 6.20 Å². The average Bonchev–Trinajstić information content (AvgIpc) is 2.50. The molecule has 0 unspecified atom stereocenters. The summed E-state index contributed by atoms with van der Waals surface area (Å²) in [5.41, 5.74) is 2.64. The van der Waals surface area contributed by atoms with Crippen LogP contribution in [0.4, 0.5) is 5.69 Å². The topological polar surface area (TPSA) is 42.0 Å². The maximum absolute atomic E-state index is 12.2. The molecule has 1 N–H and O–H groups in total. The zero-order valence-corrected chi connectivity index (χ0v) is 13.4. The van der Waals surface area contributed by atoms with Crippen LogP contribution in [0.3, 0.4) is 0 Å². The van der Waals surface area contributed by atoms with Crippen molar-refractivity contribution >= 4 is 45.1 Å². The number of amides is 1. The van der Waals surface area contributed by atoms with Crippen LogP contribution in [-0.4, -0.2) is 10.9 Å². The zero-order chi connectivity index (χ0) is 14.7. The number of benzene rings is 2. The van der Waals surface area contributed by atoms with E-state index in [4.69, 9.17) is 0 Å². The van der Waals surface area contributed by atoms with Crippen molar-refractivity contribution < 1.29 is 4.79 Å². The lowest BCUT2D eigenvalue weighted by molar-refractivity contribution is -0.115. The number of halogens is 1. The molecule has 21 heavy (non-hydrogen) atoms. The molecule has 1 aromatic heterocycles. The minimum Gasteiger partial charge on any atom is -0.326 e. The molecule has 3 rings (SSSR count). The fraction of sp³-hybridized carbons (Fsp3) is 0.0588. The van der Waals surface area contributed by atoms with E-state index < -0.39 is 0 Å². The molecule has 0 aliphatic heterocycles. The van der Waals surface area contributed by atoms with Crippen molar-refractivity contribution in [3.63, 3.8) is 0 Å². The predicted octanol–water partition coefficient (Wildman–Crippen LogP) is 4.02. The summed E-state index contributed by atoms with van der Waals surface area (Å²) in [5, 5.41) is 3.97. The summed E-state index contributed by atoms with van der Waals surface area (Å²) in [7, 11) is 0. The Bertz CT molecular complexity index is 779. The van der Waals surface area contributed by atoms with Crippen LogP contribution >= 0.6 is 22.6 Å². The van der Waals surface area contributed by atoms with Gasteiger partial charge in [-0.15, -0.1) is 0 Å². The minimum absolute atomic E-state index is 0.0330. The van der Waals surface area contributed by atoms with Gasteiger partial charge in [0.25, 0.3) is 0 Å². The first kappa shape index (κ1) is 14.0. The van der Waals surface area contributed by atoms with Crippen molar-refractivity contribution in [1.29, 1.82) is 0 Å². The Morgan fingerprint density at radius 1 is 1.05 bits per heavy atom.